The molecule has 138 valence electrons. The van der Waals surface area contributed by atoms with Gasteiger partial charge in [-0.05, 0) is 59.0 Å². The third-order valence-corrected chi connectivity index (χ3v) is 4.45. The van der Waals surface area contributed by atoms with E-state index in [1.54, 1.807) is 17.0 Å². The lowest BCUT2D eigenvalue weighted by molar-refractivity contribution is -0.118. The zero-order chi connectivity index (χ0) is 19.3. The van der Waals surface area contributed by atoms with Crippen molar-refractivity contribution in [1.29, 1.82) is 0 Å². The molecule has 0 aliphatic carbocycles. The van der Waals surface area contributed by atoms with Crippen molar-refractivity contribution in [3.8, 4) is 11.4 Å². The molecule has 1 amide bonds. The number of rotatable bonds is 5. The van der Waals surface area contributed by atoms with E-state index in [4.69, 9.17) is 11.6 Å². The van der Waals surface area contributed by atoms with Crippen molar-refractivity contribution >= 4 is 28.9 Å². The Kier molecular flexibility index (Phi) is 5.12. The summed E-state index contributed by atoms with van der Waals surface area (Å²) in [5.74, 6) is 0.353. The summed E-state index contributed by atoms with van der Waals surface area (Å²) < 4.78 is 1.49. The normalized spacial score (nSPS) is 10.6. The van der Waals surface area contributed by atoms with Crippen molar-refractivity contribution in [3.63, 3.8) is 0 Å². The Morgan fingerprint density at radius 1 is 0.857 bits per heavy atom. The zero-order valence-corrected chi connectivity index (χ0v) is 15.6. The second-order valence-corrected chi connectivity index (χ2v) is 6.50. The van der Waals surface area contributed by atoms with E-state index in [2.05, 4.69) is 15.5 Å². The van der Waals surface area contributed by atoms with Crippen LogP contribution in [-0.2, 0) is 11.3 Å². The van der Waals surface area contributed by atoms with Gasteiger partial charge in [-0.25, -0.2) is 4.68 Å². The van der Waals surface area contributed by atoms with Gasteiger partial charge in [-0.15, -0.1) is 5.10 Å². The molecule has 7 heteroatoms. The van der Waals surface area contributed by atoms with Gasteiger partial charge in [-0.1, -0.05) is 48.0 Å². The van der Waals surface area contributed by atoms with Crippen LogP contribution in [0.25, 0.3) is 11.4 Å². The van der Waals surface area contributed by atoms with Crippen LogP contribution >= 0.6 is 11.6 Å². The van der Waals surface area contributed by atoms with Crippen LogP contribution in [0, 0.1) is 0 Å². The molecule has 4 aromatic rings. The minimum absolute atomic E-state index is 0.00521. The summed E-state index contributed by atoms with van der Waals surface area (Å²) in [5.41, 5.74) is 2.34. The van der Waals surface area contributed by atoms with E-state index in [0.717, 1.165) is 16.9 Å². The number of tetrazole rings is 1. The van der Waals surface area contributed by atoms with Crippen LogP contribution in [0.15, 0.2) is 84.9 Å². The Morgan fingerprint density at radius 2 is 1.43 bits per heavy atom. The summed E-state index contributed by atoms with van der Waals surface area (Å²) >= 11 is 5.96. The van der Waals surface area contributed by atoms with E-state index >= 15 is 0 Å². The van der Waals surface area contributed by atoms with Gasteiger partial charge in [-0.3, -0.25) is 9.69 Å². The Morgan fingerprint density at radius 3 is 2.00 bits per heavy atom. The van der Waals surface area contributed by atoms with Gasteiger partial charge in [0.15, 0.2) is 5.82 Å². The van der Waals surface area contributed by atoms with Gasteiger partial charge in [0.05, 0.1) is 0 Å². The molecule has 0 aliphatic rings. The number of carbonyl (C=O) groups excluding carboxylic acids is 1. The van der Waals surface area contributed by atoms with Crippen LogP contribution in [0.4, 0.5) is 11.4 Å². The van der Waals surface area contributed by atoms with Gasteiger partial charge in [0.1, 0.15) is 6.54 Å². The van der Waals surface area contributed by atoms with E-state index in [9.17, 15) is 4.79 Å². The second-order valence-electron chi connectivity index (χ2n) is 6.07. The fourth-order valence-corrected chi connectivity index (χ4v) is 3.03. The first kappa shape index (κ1) is 17.9. The van der Waals surface area contributed by atoms with Crippen LogP contribution in [0.2, 0.25) is 5.02 Å². The predicted molar refractivity (Wildman–Crippen MR) is 108 cm³/mol. The molecule has 0 saturated carbocycles. The topological polar surface area (TPSA) is 63.9 Å². The molecule has 3 aromatic carbocycles. The summed E-state index contributed by atoms with van der Waals surface area (Å²) in [6.07, 6.45) is 0. The number of carbonyl (C=O) groups is 1. The maximum absolute atomic E-state index is 13.2. The van der Waals surface area contributed by atoms with E-state index < -0.39 is 0 Å². The molecule has 0 atom stereocenters. The Balaban J connectivity index is 1.66. The summed E-state index contributed by atoms with van der Waals surface area (Å²) in [5, 5.41) is 12.4. The maximum Gasteiger partial charge on any atom is 0.253 e. The van der Waals surface area contributed by atoms with Gasteiger partial charge in [-0.2, -0.15) is 0 Å². The van der Waals surface area contributed by atoms with Crippen molar-refractivity contribution in [2.24, 2.45) is 0 Å². The molecule has 4 rings (SSSR count). The summed E-state index contributed by atoms with van der Waals surface area (Å²) in [4.78, 5) is 14.9. The monoisotopic (exact) mass is 389 g/mol. The number of hydrogen-bond donors (Lipinski definition) is 0. The molecule has 0 radical (unpaired) electrons. The molecule has 1 heterocycles. The smallest absolute Gasteiger partial charge is 0.253 e. The van der Waals surface area contributed by atoms with Crippen molar-refractivity contribution in [1.82, 2.24) is 20.2 Å². The number of amides is 1. The highest BCUT2D eigenvalue weighted by Crippen LogP contribution is 2.26. The van der Waals surface area contributed by atoms with E-state index in [-0.39, 0.29) is 12.5 Å². The van der Waals surface area contributed by atoms with Crippen molar-refractivity contribution in [3.05, 3.63) is 90.0 Å². The zero-order valence-electron chi connectivity index (χ0n) is 14.8. The Bertz CT molecular complexity index is 1030. The lowest BCUT2D eigenvalue weighted by atomic mass is 10.2. The summed E-state index contributed by atoms with van der Waals surface area (Å²) in [6, 6.07) is 26.2. The van der Waals surface area contributed by atoms with Crippen molar-refractivity contribution < 1.29 is 4.79 Å². The molecule has 0 saturated heterocycles. The molecule has 0 bridgehead atoms. The summed E-state index contributed by atoms with van der Waals surface area (Å²) in [7, 11) is 0. The molecule has 6 nitrogen and oxygen atoms in total. The quantitative estimate of drug-likeness (QED) is 0.508. The number of nitrogens with zero attached hydrogens (tertiary/aromatic N) is 5. The molecule has 0 N–H and O–H groups in total. The number of aromatic nitrogens is 4. The van der Waals surface area contributed by atoms with Crippen LogP contribution in [-0.4, -0.2) is 26.1 Å². The minimum atomic E-state index is -0.153. The molecule has 0 fully saturated rings. The standard InChI is InChI=1S/C21H16ClN5O/c22-17-13-11-16(12-14-17)21-23-24-25-26(21)15-20(28)27(18-7-3-1-4-8-18)19-9-5-2-6-10-19/h1-14H,15H2. The number of para-hydroxylation sites is 2. The summed E-state index contributed by atoms with van der Waals surface area (Å²) in [6.45, 7) is -0.00521. The number of benzene rings is 3. The number of anilines is 2. The Hall–Kier alpha value is -3.51. The number of halogens is 1. The fourth-order valence-electron chi connectivity index (χ4n) is 2.91. The predicted octanol–water partition coefficient (Wildman–Crippen LogP) is 4.36. The molecule has 1 aromatic heterocycles. The average Bonchev–Trinajstić information content (AvgIpc) is 3.18. The van der Waals surface area contributed by atoms with Gasteiger partial charge in [0.25, 0.3) is 5.91 Å². The van der Waals surface area contributed by atoms with Crippen LogP contribution in [0.1, 0.15) is 0 Å². The lowest BCUT2D eigenvalue weighted by Crippen LogP contribution is -2.30. The molecular weight excluding hydrogens is 374 g/mol. The van der Waals surface area contributed by atoms with E-state index in [1.807, 2.05) is 72.8 Å². The molecule has 28 heavy (non-hydrogen) atoms. The maximum atomic E-state index is 13.2. The SMILES string of the molecule is O=C(Cn1nnnc1-c1ccc(Cl)cc1)N(c1ccccc1)c1ccccc1. The first-order valence-corrected chi connectivity index (χ1v) is 9.05. The number of hydrogen-bond acceptors (Lipinski definition) is 4. The van der Waals surface area contributed by atoms with Gasteiger partial charge >= 0.3 is 0 Å². The van der Waals surface area contributed by atoms with Crippen LogP contribution in [0.3, 0.4) is 0 Å². The molecule has 0 spiro atoms. The first-order chi connectivity index (χ1) is 13.7. The highest BCUT2D eigenvalue weighted by atomic mass is 35.5. The van der Waals surface area contributed by atoms with Gasteiger partial charge < -0.3 is 0 Å². The van der Waals surface area contributed by atoms with E-state index in [1.165, 1.54) is 4.68 Å². The van der Waals surface area contributed by atoms with E-state index in [0.29, 0.717) is 10.8 Å². The van der Waals surface area contributed by atoms with Gasteiger partial charge in [0.2, 0.25) is 0 Å². The lowest BCUT2D eigenvalue weighted by Gasteiger charge is -2.23. The third-order valence-electron chi connectivity index (χ3n) is 4.20. The molecular formula is C21H16ClN5O. The van der Waals surface area contributed by atoms with Gasteiger partial charge in [0, 0.05) is 22.0 Å². The first-order valence-electron chi connectivity index (χ1n) is 8.67. The average molecular weight is 390 g/mol. The van der Waals surface area contributed by atoms with Crippen molar-refractivity contribution in [2.45, 2.75) is 6.54 Å². The second kappa shape index (κ2) is 8.02. The third kappa shape index (κ3) is 3.77. The minimum Gasteiger partial charge on any atom is -0.279 e. The van der Waals surface area contributed by atoms with Crippen molar-refractivity contribution in [2.75, 3.05) is 4.90 Å². The van der Waals surface area contributed by atoms with Crippen LogP contribution < -0.4 is 4.90 Å². The van der Waals surface area contributed by atoms with Crippen LogP contribution in [0.5, 0.6) is 0 Å². The largest absolute Gasteiger partial charge is 0.279 e. The Labute approximate surface area is 167 Å². The molecule has 0 aliphatic heterocycles. The fraction of sp³-hybridized carbons (Fsp3) is 0.0476. The highest BCUT2D eigenvalue weighted by molar-refractivity contribution is 6.30. The highest BCUT2D eigenvalue weighted by Gasteiger charge is 2.20. The molecule has 0 unspecified atom stereocenters.